The van der Waals surface area contributed by atoms with Crippen LogP contribution in [0.4, 0.5) is 0 Å². The lowest BCUT2D eigenvalue weighted by Gasteiger charge is -2.33. The first kappa shape index (κ1) is 10.3. The minimum absolute atomic E-state index is 0.151. The summed E-state index contributed by atoms with van der Waals surface area (Å²) >= 11 is 0. The number of rotatable bonds is 2. The third-order valence-electron chi connectivity index (χ3n) is 2.44. The molecule has 0 saturated carbocycles. The fraction of sp³-hybridized carbons (Fsp3) is 0.700. The monoisotopic (exact) mass is 182 g/mol. The Labute approximate surface area is 80.0 Å². The second-order valence-electron chi connectivity index (χ2n) is 3.26. The van der Waals surface area contributed by atoms with Crippen molar-refractivity contribution in [1.29, 1.82) is 0 Å². The fourth-order valence-corrected chi connectivity index (χ4v) is 1.53. The van der Waals surface area contributed by atoms with Crippen LogP contribution < -0.4 is 0 Å². The molecule has 0 bridgehead atoms. The van der Waals surface area contributed by atoms with Gasteiger partial charge < -0.3 is 9.80 Å². The maximum absolute atomic E-state index is 11.4. The van der Waals surface area contributed by atoms with Crippen molar-refractivity contribution in [2.45, 2.75) is 13.8 Å². The summed E-state index contributed by atoms with van der Waals surface area (Å²) in [6.45, 7) is 8.89. The van der Waals surface area contributed by atoms with Crippen molar-refractivity contribution in [3.8, 4) is 0 Å². The molecule has 0 aromatic heterocycles. The zero-order valence-corrected chi connectivity index (χ0v) is 8.49. The molecule has 0 aromatic rings. The van der Waals surface area contributed by atoms with Gasteiger partial charge in [0.1, 0.15) is 0 Å². The number of nitrogens with zero attached hydrogens (tertiary/aromatic N) is 2. The largest absolute Gasteiger partial charge is 0.337 e. The zero-order valence-electron chi connectivity index (χ0n) is 8.49. The minimum Gasteiger partial charge on any atom is -0.337 e. The van der Waals surface area contributed by atoms with Crippen LogP contribution in [0.3, 0.4) is 0 Å². The number of hydrogen-bond donors (Lipinski definition) is 0. The summed E-state index contributed by atoms with van der Waals surface area (Å²) in [4.78, 5) is 15.7. The average Bonchev–Trinajstić information content (AvgIpc) is 2.18. The molecule has 0 aromatic carbocycles. The van der Waals surface area contributed by atoms with E-state index in [1.54, 1.807) is 12.2 Å². The van der Waals surface area contributed by atoms with Crippen LogP contribution >= 0.6 is 0 Å². The normalized spacial score (nSPS) is 19.7. The van der Waals surface area contributed by atoms with E-state index < -0.39 is 0 Å². The average molecular weight is 182 g/mol. The van der Waals surface area contributed by atoms with E-state index in [1.165, 1.54) is 0 Å². The number of likely N-dealkylation sites (N-methyl/N-ethyl adjacent to an activating group) is 1. The lowest BCUT2D eigenvalue weighted by Crippen LogP contribution is -2.48. The highest BCUT2D eigenvalue weighted by molar-refractivity contribution is 5.87. The van der Waals surface area contributed by atoms with E-state index in [1.807, 2.05) is 11.8 Å². The van der Waals surface area contributed by atoms with Crippen molar-refractivity contribution < 1.29 is 4.79 Å². The number of carbonyl (C=O) groups is 1. The maximum Gasteiger partial charge on any atom is 0.246 e. The summed E-state index contributed by atoms with van der Waals surface area (Å²) in [6.07, 6.45) is 3.44. The van der Waals surface area contributed by atoms with Gasteiger partial charge in [0.15, 0.2) is 0 Å². The Balaban J connectivity index is 2.36. The van der Waals surface area contributed by atoms with E-state index in [0.717, 1.165) is 32.7 Å². The summed E-state index contributed by atoms with van der Waals surface area (Å²) in [6, 6.07) is 0. The van der Waals surface area contributed by atoms with Crippen LogP contribution in [-0.2, 0) is 4.79 Å². The molecule has 13 heavy (non-hydrogen) atoms. The lowest BCUT2D eigenvalue weighted by atomic mass is 10.3. The van der Waals surface area contributed by atoms with Crippen molar-refractivity contribution in [3.63, 3.8) is 0 Å². The number of hydrogen-bond acceptors (Lipinski definition) is 2. The van der Waals surface area contributed by atoms with Gasteiger partial charge in [-0.2, -0.15) is 0 Å². The summed E-state index contributed by atoms with van der Waals surface area (Å²) in [5, 5.41) is 0. The summed E-state index contributed by atoms with van der Waals surface area (Å²) in [7, 11) is 0. The lowest BCUT2D eigenvalue weighted by molar-refractivity contribution is -0.127. The Hall–Kier alpha value is -0.830. The zero-order chi connectivity index (χ0) is 9.68. The summed E-state index contributed by atoms with van der Waals surface area (Å²) in [5.41, 5.74) is 0. The van der Waals surface area contributed by atoms with Gasteiger partial charge in [0.2, 0.25) is 5.91 Å². The molecule has 1 aliphatic rings. The van der Waals surface area contributed by atoms with Gasteiger partial charge in [0.25, 0.3) is 0 Å². The van der Waals surface area contributed by atoms with E-state index >= 15 is 0 Å². The van der Waals surface area contributed by atoms with Gasteiger partial charge in [-0.1, -0.05) is 13.0 Å². The highest BCUT2D eigenvalue weighted by Gasteiger charge is 2.17. The van der Waals surface area contributed by atoms with E-state index in [4.69, 9.17) is 0 Å². The van der Waals surface area contributed by atoms with E-state index in [9.17, 15) is 4.79 Å². The highest BCUT2D eigenvalue weighted by Crippen LogP contribution is 2.01. The first-order chi connectivity index (χ1) is 6.27. The molecule has 1 fully saturated rings. The van der Waals surface area contributed by atoms with Crippen molar-refractivity contribution >= 4 is 5.91 Å². The Morgan fingerprint density at radius 2 is 1.92 bits per heavy atom. The number of piperazine rings is 1. The van der Waals surface area contributed by atoms with Crippen molar-refractivity contribution in [2.75, 3.05) is 32.7 Å². The molecule has 0 spiro atoms. The van der Waals surface area contributed by atoms with Gasteiger partial charge in [0, 0.05) is 26.2 Å². The molecule has 1 aliphatic heterocycles. The van der Waals surface area contributed by atoms with Gasteiger partial charge in [-0.05, 0) is 19.5 Å². The first-order valence-corrected chi connectivity index (χ1v) is 4.92. The van der Waals surface area contributed by atoms with Gasteiger partial charge in [-0.25, -0.2) is 0 Å². The molecule has 1 amide bonds. The molecular weight excluding hydrogens is 164 g/mol. The Morgan fingerprint density at radius 1 is 1.31 bits per heavy atom. The molecule has 0 radical (unpaired) electrons. The SMILES string of the molecule is CC=CC(=O)N1CCN(CC)CC1. The van der Waals surface area contributed by atoms with E-state index in [2.05, 4.69) is 11.8 Å². The van der Waals surface area contributed by atoms with E-state index in [0.29, 0.717) is 0 Å². The Kier molecular flexibility index (Phi) is 3.96. The number of allylic oxidation sites excluding steroid dienone is 1. The molecule has 3 heteroatoms. The maximum atomic E-state index is 11.4. The topological polar surface area (TPSA) is 23.6 Å². The van der Waals surface area contributed by atoms with Crippen molar-refractivity contribution in [2.24, 2.45) is 0 Å². The van der Waals surface area contributed by atoms with Crippen LogP contribution in [0.25, 0.3) is 0 Å². The Morgan fingerprint density at radius 3 is 2.38 bits per heavy atom. The van der Waals surface area contributed by atoms with Crippen LogP contribution in [0.2, 0.25) is 0 Å². The van der Waals surface area contributed by atoms with Crippen molar-refractivity contribution in [3.05, 3.63) is 12.2 Å². The molecule has 74 valence electrons. The van der Waals surface area contributed by atoms with E-state index in [-0.39, 0.29) is 5.91 Å². The predicted molar refractivity (Wildman–Crippen MR) is 53.5 cm³/mol. The molecule has 1 rings (SSSR count). The first-order valence-electron chi connectivity index (χ1n) is 4.92. The van der Waals surface area contributed by atoms with Gasteiger partial charge >= 0.3 is 0 Å². The highest BCUT2D eigenvalue weighted by atomic mass is 16.2. The second-order valence-corrected chi connectivity index (χ2v) is 3.26. The fourth-order valence-electron chi connectivity index (χ4n) is 1.53. The molecule has 0 atom stereocenters. The molecule has 3 nitrogen and oxygen atoms in total. The van der Waals surface area contributed by atoms with Crippen LogP contribution in [0.5, 0.6) is 0 Å². The van der Waals surface area contributed by atoms with Crippen molar-refractivity contribution in [1.82, 2.24) is 9.80 Å². The molecule has 0 aliphatic carbocycles. The third-order valence-corrected chi connectivity index (χ3v) is 2.44. The smallest absolute Gasteiger partial charge is 0.246 e. The molecule has 0 unspecified atom stereocenters. The molecular formula is C10H18N2O. The predicted octanol–water partition coefficient (Wildman–Crippen LogP) is 0.727. The van der Waals surface area contributed by atoms with Gasteiger partial charge in [0.05, 0.1) is 0 Å². The molecule has 1 saturated heterocycles. The molecule has 1 heterocycles. The second kappa shape index (κ2) is 5.02. The van der Waals surface area contributed by atoms with Crippen LogP contribution in [0, 0.1) is 0 Å². The number of amides is 1. The minimum atomic E-state index is 0.151. The van der Waals surface area contributed by atoms with Crippen LogP contribution in [0.15, 0.2) is 12.2 Å². The van der Waals surface area contributed by atoms with Gasteiger partial charge in [-0.3, -0.25) is 4.79 Å². The van der Waals surface area contributed by atoms with Gasteiger partial charge in [-0.15, -0.1) is 0 Å². The number of carbonyl (C=O) groups excluding carboxylic acids is 1. The summed E-state index contributed by atoms with van der Waals surface area (Å²) < 4.78 is 0. The Bertz CT molecular complexity index is 193. The molecule has 0 N–H and O–H groups in total. The standard InChI is InChI=1S/C10H18N2O/c1-3-5-10(13)12-8-6-11(4-2)7-9-12/h3,5H,4,6-9H2,1-2H3. The summed E-state index contributed by atoms with van der Waals surface area (Å²) in [5.74, 6) is 0.151. The third kappa shape index (κ3) is 2.84. The van der Waals surface area contributed by atoms with Crippen LogP contribution in [0.1, 0.15) is 13.8 Å². The van der Waals surface area contributed by atoms with Crippen LogP contribution in [-0.4, -0.2) is 48.4 Å². The quantitative estimate of drug-likeness (QED) is 0.588.